The summed E-state index contributed by atoms with van der Waals surface area (Å²) in [5.74, 6) is 0.114. The molecule has 4 rings (SSSR count). The van der Waals surface area contributed by atoms with Crippen molar-refractivity contribution in [3.63, 3.8) is 0 Å². The number of amides is 1. The van der Waals surface area contributed by atoms with Crippen molar-refractivity contribution < 1.29 is 18.0 Å². The number of carbonyl (C=O) groups is 1. The van der Waals surface area contributed by atoms with Crippen LogP contribution in [0.2, 0.25) is 0 Å². The number of fused-ring (bicyclic) bond motifs is 1. The Bertz CT molecular complexity index is 1110. The molecule has 1 aromatic heterocycles. The highest BCUT2D eigenvalue weighted by atomic mass is 19.4. The van der Waals surface area contributed by atoms with Gasteiger partial charge in [0, 0.05) is 31.5 Å². The Morgan fingerprint density at radius 3 is 2.45 bits per heavy atom. The normalized spacial score (nSPS) is 13.6. The molecule has 0 fully saturated rings. The van der Waals surface area contributed by atoms with Gasteiger partial charge in [-0.05, 0) is 60.0 Å². The number of hydrogen-bond acceptors (Lipinski definition) is 4. The van der Waals surface area contributed by atoms with Crippen LogP contribution in [0.3, 0.4) is 0 Å². The summed E-state index contributed by atoms with van der Waals surface area (Å²) in [6, 6.07) is 15.9. The number of benzene rings is 2. The SMILES string of the molecule is CN(c1ccc(C(F)(F)F)cc1)c1cccc2c1CCN(C(=O)c1cccc(N)n1)C2. The predicted molar refractivity (Wildman–Crippen MR) is 113 cm³/mol. The van der Waals surface area contributed by atoms with E-state index in [-0.39, 0.29) is 5.91 Å². The van der Waals surface area contributed by atoms with Crippen LogP contribution in [-0.4, -0.2) is 29.4 Å². The summed E-state index contributed by atoms with van der Waals surface area (Å²) in [4.78, 5) is 20.5. The second kappa shape index (κ2) is 7.94. The van der Waals surface area contributed by atoms with Crippen LogP contribution in [0.25, 0.3) is 0 Å². The zero-order valence-electron chi connectivity index (χ0n) is 16.9. The number of carbonyl (C=O) groups excluding carboxylic acids is 1. The zero-order valence-corrected chi connectivity index (χ0v) is 16.9. The molecule has 0 aliphatic carbocycles. The fraction of sp³-hybridized carbons (Fsp3) is 0.217. The van der Waals surface area contributed by atoms with Crippen molar-refractivity contribution in [3.05, 3.63) is 83.0 Å². The third kappa shape index (κ3) is 4.19. The lowest BCUT2D eigenvalue weighted by atomic mass is 9.96. The number of aromatic nitrogens is 1. The highest BCUT2D eigenvalue weighted by Crippen LogP contribution is 2.35. The third-order valence-corrected chi connectivity index (χ3v) is 5.46. The Morgan fingerprint density at radius 1 is 1.06 bits per heavy atom. The standard InChI is InChI=1S/C23H21F3N4O/c1-29(17-10-8-16(9-11-17)23(24,25)26)20-6-2-4-15-14-30(13-12-18(15)20)22(31)19-5-3-7-21(27)28-19/h2-11H,12-14H2,1H3,(H2,27,28). The van der Waals surface area contributed by atoms with Gasteiger partial charge in [0.15, 0.2) is 0 Å². The molecule has 0 spiro atoms. The van der Waals surface area contributed by atoms with E-state index in [0.29, 0.717) is 36.7 Å². The Kier molecular flexibility index (Phi) is 5.31. The quantitative estimate of drug-likeness (QED) is 0.662. The summed E-state index contributed by atoms with van der Waals surface area (Å²) >= 11 is 0. The Labute approximate surface area is 177 Å². The summed E-state index contributed by atoms with van der Waals surface area (Å²) < 4.78 is 38.6. The van der Waals surface area contributed by atoms with E-state index in [1.54, 1.807) is 23.1 Å². The molecular formula is C23H21F3N4O. The van der Waals surface area contributed by atoms with E-state index >= 15 is 0 Å². The minimum atomic E-state index is -4.36. The van der Waals surface area contributed by atoms with Gasteiger partial charge in [-0.15, -0.1) is 0 Å². The molecule has 1 aliphatic heterocycles. The van der Waals surface area contributed by atoms with E-state index in [9.17, 15) is 18.0 Å². The summed E-state index contributed by atoms with van der Waals surface area (Å²) in [5.41, 5.74) is 8.97. The molecule has 2 aromatic carbocycles. The van der Waals surface area contributed by atoms with Crippen LogP contribution in [0.1, 0.15) is 27.2 Å². The number of nitrogen functional groups attached to an aromatic ring is 1. The van der Waals surface area contributed by atoms with E-state index in [1.807, 2.05) is 30.1 Å². The molecule has 0 atom stereocenters. The van der Waals surface area contributed by atoms with Gasteiger partial charge >= 0.3 is 6.18 Å². The average Bonchev–Trinajstić information content (AvgIpc) is 2.77. The molecule has 8 heteroatoms. The van der Waals surface area contributed by atoms with Gasteiger partial charge in [0.2, 0.25) is 0 Å². The summed E-state index contributed by atoms with van der Waals surface area (Å²) in [5, 5.41) is 0. The molecule has 0 bridgehead atoms. The van der Waals surface area contributed by atoms with E-state index in [1.165, 1.54) is 12.1 Å². The van der Waals surface area contributed by atoms with Crippen molar-refractivity contribution >= 4 is 23.1 Å². The molecule has 0 unspecified atom stereocenters. The summed E-state index contributed by atoms with van der Waals surface area (Å²) in [6.45, 7) is 0.944. The number of pyridine rings is 1. The molecule has 3 aromatic rings. The van der Waals surface area contributed by atoms with Crippen molar-refractivity contribution in [1.29, 1.82) is 0 Å². The molecule has 1 amide bonds. The van der Waals surface area contributed by atoms with Gasteiger partial charge < -0.3 is 15.5 Å². The number of halogens is 3. The second-order valence-electron chi connectivity index (χ2n) is 7.44. The minimum Gasteiger partial charge on any atom is -0.384 e. The highest BCUT2D eigenvalue weighted by Gasteiger charge is 2.30. The molecular weight excluding hydrogens is 405 g/mol. The maximum absolute atomic E-state index is 12.9. The Hall–Kier alpha value is -3.55. The van der Waals surface area contributed by atoms with Gasteiger partial charge in [-0.3, -0.25) is 4.79 Å². The maximum Gasteiger partial charge on any atom is 0.416 e. The third-order valence-electron chi connectivity index (χ3n) is 5.46. The molecule has 2 N–H and O–H groups in total. The van der Waals surface area contributed by atoms with Gasteiger partial charge in [-0.25, -0.2) is 4.98 Å². The largest absolute Gasteiger partial charge is 0.416 e. The van der Waals surface area contributed by atoms with Gasteiger partial charge in [-0.2, -0.15) is 13.2 Å². The topological polar surface area (TPSA) is 62.5 Å². The van der Waals surface area contributed by atoms with Gasteiger partial charge in [0.1, 0.15) is 11.5 Å². The molecule has 0 radical (unpaired) electrons. The van der Waals surface area contributed by atoms with Gasteiger partial charge in [0.05, 0.1) is 5.56 Å². The van der Waals surface area contributed by atoms with E-state index < -0.39 is 11.7 Å². The lowest BCUT2D eigenvalue weighted by Gasteiger charge is -2.32. The van der Waals surface area contributed by atoms with Crippen LogP contribution >= 0.6 is 0 Å². The lowest BCUT2D eigenvalue weighted by molar-refractivity contribution is -0.137. The smallest absolute Gasteiger partial charge is 0.384 e. The first-order valence-electron chi connectivity index (χ1n) is 9.77. The number of nitrogens with two attached hydrogens (primary N) is 1. The van der Waals surface area contributed by atoms with Crippen molar-refractivity contribution in [2.45, 2.75) is 19.1 Å². The first-order chi connectivity index (χ1) is 14.7. The van der Waals surface area contributed by atoms with Crippen LogP contribution < -0.4 is 10.6 Å². The Balaban J connectivity index is 1.57. The van der Waals surface area contributed by atoms with Crippen molar-refractivity contribution in [1.82, 2.24) is 9.88 Å². The van der Waals surface area contributed by atoms with Crippen LogP contribution in [0.4, 0.5) is 30.4 Å². The second-order valence-corrected chi connectivity index (χ2v) is 7.44. The van der Waals surface area contributed by atoms with Crippen molar-refractivity contribution in [2.75, 3.05) is 24.2 Å². The van der Waals surface area contributed by atoms with E-state index in [0.717, 1.165) is 28.9 Å². The highest BCUT2D eigenvalue weighted by molar-refractivity contribution is 5.93. The number of anilines is 3. The maximum atomic E-state index is 12.9. The average molecular weight is 426 g/mol. The van der Waals surface area contributed by atoms with Gasteiger partial charge in [-0.1, -0.05) is 18.2 Å². The van der Waals surface area contributed by atoms with E-state index in [4.69, 9.17) is 5.73 Å². The van der Waals surface area contributed by atoms with Crippen LogP contribution in [-0.2, 0) is 19.1 Å². The number of alkyl halides is 3. The lowest BCUT2D eigenvalue weighted by Crippen LogP contribution is -2.37. The number of nitrogens with zero attached hydrogens (tertiary/aromatic N) is 3. The number of rotatable bonds is 3. The molecule has 5 nitrogen and oxygen atoms in total. The minimum absolute atomic E-state index is 0.181. The van der Waals surface area contributed by atoms with Crippen LogP contribution in [0.15, 0.2) is 60.7 Å². The first-order valence-corrected chi connectivity index (χ1v) is 9.77. The molecule has 0 saturated heterocycles. The fourth-order valence-electron chi connectivity index (χ4n) is 3.82. The molecule has 31 heavy (non-hydrogen) atoms. The Morgan fingerprint density at radius 2 is 1.77 bits per heavy atom. The molecule has 2 heterocycles. The molecule has 1 aliphatic rings. The number of hydrogen-bond donors (Lipinski definition) is 1. The summed E-state index contributed by atoms with van der Waals surface area (Å²) in [6.07, 6.45) is -3.73. The van der Waals surface area contributed by atoms with Crippen molar-refractivity contribution in [3.8, 4) is 0 Å². The zero-order chi connectivity index (χ0) is 22.2. The predicted octanol–water partition coefficient (Wildman–Crippen LogP) is 4.65. The van der Waals surface area contributed by atoms with E-state index in [2.05, 4.69) is 4.98 Å². The fourth-order valence-corrected chi connectivity index (χ4v) is 3.82. The van der Waals surface area contributed by atoms with Gasteiger partial charge in [0.25, 0.3) is 5.91 Å². The summed E-state index contributed by atoms with van der Waals surface area (Å²) in [7, 11) is 1.83. The van der Waals surface area contributed by atoms with Crippen LogP contribution in [0.5, 0.6) is 0 Å². The monoisotopic (exact) mass is 426 g/mol. The van der Waals surface area contributed by atoms with Crippen LogP contribution in [0, 0.1) is 0 Å². The first kappa shape index (κ1) is 20.7. The van der Waals surface area contributed by atoms with Crippen molar-refractivity contribution in [2.24, 2.45) is 0 Å². The molecule has 0 saturated carbocycles. The molecule has 160 valence electrons.